The van der Waals surface area contributed by atoms with Crippen molar-refractivity contribution < 1.29 is 4.42 Å². The van der Waals surface area contributed by atoms with Gasteiger partial charge in [0.2, 0.25) is 0 Å². The van der Waals surface area contributed by atoms with E-state index in [9.17, 15) is 0 Å². The minimum absolute atomic E-state index is 0.786. The van der Waals surface area contributed by atoms with Gasteiger partial charge in [-0.2, -0.15) is 0 Å². The van der Waals surface area contributed by atoms with E-state index >= 15 is 0 Å². The zero-order valence-electron chi connectivity index (χ0n) is 10.9. The summed E-state index contributed by atoms with van der Waals surface area (Å²) in [6, 6.07) is 5.72. The van der Waals surface area contributed by atoms with Crippen LogP contribution in [0.1, 0.15) is 31.4 Å². The average molecular weight is 246 g/mol. The topological polar surface area (TPSA) is 19.6 Å². The average Bonchev–Trinajstić information content (AvgIpc) is 2.81. The lowest BCUT2D eigenvalue weighted by atomic mass is 10.1. The van der Waals surface area contributed by atoms with Crippen molar-refractivity contribution in [2.45, 2.75) is 44.3 Å². The van der Waals surface area contributed by atoms with E-state index in [0.29, 0.717) is 0 Å². The molecule has 3 heterocycles. The van der Waals surface area contributed by atoms with E-state index in [0.717, 1.165) is 30.3 Å². The van der Waals surface area contributed by atoms with Gasteiger partial charge in [-0.25, -0.2) is 0 Å². The molecule has 0 unspecified atom stereocenters. The number of hydrogen-bond acceptors (Lipinski definition) is 3. The molecular weight excluding hydrogens is 224 g/mol. The molecule has 1 aliphatic carbocycles. The van der Waals surface area contributed by atoms with Gasteiger partial charge < -0.3 is 4.42 Å². The molecule has 0 aromatic carbocycles. The van der Waals surface area contributed by atoms with Crippen molar-refractivity contribution in [1.29, 1.82) is 0 Å². The zero-order valence-corrected chi connectivity index (χ0v) is 10.9. The summed E-state index contributed by atoms with van der Waals surface area (Å²) >= 11 is 0. The summed E-state index contributed by atoms with van der Waals surface area (Å²) in [5.41, 5.74) is 0. The first-order valence-electron chi connectivity index (χ1n) is 7.40. The van der Waals surface area contributed by atoms with Gasteiger partial charge in [0.1, 0.15) is 5.76 Å². The fourth-order valence-corrected chi connectivity index (χ4v) is 3.82. The number of nitrogens with zero attached hydrogens (tertiary/aromatic N) is 2. The fourth-order valence-electron chi connectivity index (χ4n) is 3.82. The molecule has 3 aliphatic rings. The van der Waals surface area contributed by atoms with Crippen LogP contribution in [0.2, 0.25) is 0 Å². The molecule has 98 valence electrons. The summed E-state index contributed by atoms with van der Waals surface area (Å²) in [6.45, 7) is 4.94. The van der Waals surface area contributed by atoms with Crippen molar-refractivity contribution in [3.05, 3.63) is 24.2 Å². The highest BCUT2D eigenvalue weighted by Crippen LogP contribution is 2.37. The number of fused-ring (bicyclic) bond motifs is 1. The molecule has 4 rings (SSSR count). The van der Waals surface area contributed by atoms with Crippen LogP contribution in [0.25, 0.3) is 0 Å². The molecule has 0 bridgehead atoms. The molecule has 0 amide bonds. The predicted octanol–water partition coefficient (Wildman–Crippen LogP) is 2.34. The third-order valence-corrected chi connectivity index (χ3v) is 4.94. The van der Waals surface area contributed by atoms with Gasteiger partial charge in [0.05, 0.1) is 12.8 Å². The van der Waals surface area contributed by atoms with Crippen molar-refractivity contribution in [3.63, 3.8) is 0 Å². The quantitative estimate of drug-likeness (QED) is 0.813. The van der Waals surface area contributed by atoms with Crippen molar-refractivity contribution in [2.75, 3.05) is 19.6 Å². The molecule has 1 aromatic rings. The monoisotopic (exact) mass is 246 g/mol. The van der Waals surface area contributed by atoms with Crippen molar-refractivity contribution in [1.82, 2.24) is 9.80 Å². The smallest absolute Gasteiger partial charge is 0.117 e. The largest absolute Gasteiger partial charge is 0.468 e. The Morgan fingerprint density at radius 1 is 1.06 bits per heavy atom. The maximum Gasteiger partial charge on any atom is 0.117 e. The Morgan fingerprint density at radius 2 is 1.83 bits per heavy atom. The molecule has 3 heteroatoms. The maximum absolute atomic E-state index is 5.49. The Balaban J connectivity index is 1.40. The molecule has 2 saturated heterocycles. The van der Waals surface area contributed by atoms with Crippen LogP contribution in [0.5, 0.6) is 0 Å². The summed E-state index contributed by atoms with van der Waals surface area (Å²) < 4.78 is 5.49. The van der Waals surface area contributed by atoms with E-state index in [1.807, 2.05) is 6.07 Å². The predicted molar refractivity (Wildman–Crippen MR) is 70.2 cm³/mol. The molecule has 2 aliphatic heterocycles. The van der Waals surface area contributed by atoms with Gasteiger partial charge >= 0.3 is 0 Å². The van der Waals surface area contributed by atoms with E-state index in [2.05, 4.69) is 15.9 Å². The molecular formula is C15H22N2O. The highest BCUT2D eigenvalue weighted by molar-refractivity contribution is 5.04. The lowest BCUT2D eigenvalue weighted by Gasteiger charge is -2.25. The molecule has 1 aromatic heterocycles. The minimum atomic E-state index is 0.786. The second kappa shape index (κ2) is 4.39. The minimum Gasteiger partial charge on any atom is -0.468 e. The van der Waals surface area contributed by atoms with Crippen molar-refractivity contribution in [2.24, 2.45) is 5.92 Å². The Labute approximate surface area is 109 Å². The lowest BCUT2D eigenvalue weighted by Crippen LogP contribution is -2.37. The molecule has 0 N–H and O–H groups in total. The van der Waals surface area contributed by atoms with Gasteiger partial charge in [-0.3, -0.25) is 9.80 Å². The van der Waals surface area contributed by atoms with Gasteiger partial charge in [0.25, 0.3) is 0 Å². The van der Waals surface area contributed by atoms with Crippen LogP contribution < -0.4 is 0 Å². The maximum atomic E-state index is 5.49. The van der Waals surface area contributed by atoms with Crippen LogP contribution >= 0.6 is 0 Å². The van der Waals surface area contributed by atoms with Gasteiger partial charge in [-0.15, -0.1) is 0 Å². The summed E-state index contributed by atoms with van der Waals surface area (Å²) in [6.07, 6.45) is 7.46. The van der Waals surface area contributed by atoms with Crippen LogP contribution in [0.3, 0.4) is 0 Å². The fraction of sp³-hybridized carbons (Fsp3) is 0.733. The first-order chi connectivity index (χ1) is 8.90. The van der Waals surface area contributed by atoms with E-state index in [1.54, 1.807) is 6.26 Å². The van der Waals surface area contributed by atoms with Crippen LogP contribution in [0, 0.1) is 5.92 Å². The number of rotatable bonds is 4. The van der Waals surface area contributed by atoms with Crippen LogP contribution in [-0.4, -0.2) is 41.5 Å². The summed E-state index contributed by atoms with van der Waals surface area (Å²) in [7, 11) is 0. The van der Waals surface area contributed by atoms with E-state index in [4.69, 9.17) is 4.42 Å². The van der Waals surface area contributed by atoms with Gasteiger partial charge in [0.15, 0.2) is 0 Å². The molecule has 2 atom stereocenters. The van der Waals surface area contributed by atoms with Gasteiger partial charge in [-0.1, -0.05) is 0 Å². The lowest BCUT2D eigenvalue weighted by molar-refractivity contribution is 0.203. The summed E-state index contributed by atoms with van der Waals surface area (Å²) in [5, 5.41) is 0. The third kappa shape index (κ3) is 1.99. The normalized spacial score (nSPS) is 33.1. The number of likely N-dealkylation sites (tertiary alicyclic amines) is 2. The highest BCUT2D eigenvalue weighted by Gasteiger charge is 2.43. The Bertz CT molecular complexity index is 399. The van der Waals surface area contributed by atoms with Crippen LogP contribution in [-0.2, 0) is 6.54 Å². The summed E-state index contributed by atoms with van der Waals surface area (Å²) in [5.74, 6) is 2.15. The second-order valence-electron chi connectivity index (χ2n) is 6.20. The van der Waals surface area contributed by atoms with Crippen molar-refractivity contribution in [3.8, 4) is 0 Å². The first-order valence-corrected chi connectivity index (χ1v) is 7.40. The molecule has 0 radical (unpaired) electrons. The SMILES string of the molecule is c1coc(CN2CC[C@H]3[C@H]2CCN3CC2CC2)c1. The zero-order chi connectivity index (χ0) is 11.9. The van der Waals surface area contributed by atoms with Gasteiger partial charge in [-0.05, 0) is 43.7 Å². The number of hydrogen-bond donors (Lipinski definition) is 0. The number of furan rings is 1. The third-order valence-electron chi connectivity index (χ3n) is 4.94. The molecule has 3 nitrogen and oxygen atoms in total. The van der Waals surface area contributed by atoms with Gasteiger partial charge in [0, 0.05) is 31.7 Å². The Morgan fingerprint density at radius 3 is 2.56 bits per heavy atom. The molecule has 1 saturated carbocycles. The standard InChI is InChI=1S/C15H22N2O/c1-2-13(18-9-1)11-17-8-6-14-15(17)5-7-16(14)10-12-3-4-12/h1-2,9,12,14-15H,3-8,10-11H2/t14-,15+/m0/s1. The second-order valence-corrected chi connectivity index (χ2v) is 6.20. The first kappa shape index (κ1) is 11.1. The Hall–Kier alpha value is -0.800. The molecule has 18 heavy (non-hydrogen) atoms. The van der Waals surface area contributed by atoms with Crippen molar-refractivity contribution >= 4 is 0 Å². The van der Waals surface area contributed by atoms with E-state index in [1.165, 1.54) is 45.3 Å². The Kier molecular flexibility index (Phi) is 2.70. The van der Waals surface area contributed by atoms with Crippen LogP contribution in [0.4, 0.5) is 0 Å². The van der Waals surface area contributed by atoms with E-state index < -0.39 is 0 Å². The highest BCUT2D eigenvalue weighted by atomic mass is 16.3. The van der Waals surface area contributed by atoms with E-state index in [-0.39, 0.29) is 0 Å². The van der Waals surface area contributed by atoms with Crippen LogP contribution in [0.15, 0.2) is 22.8 Å². The summed E-state index contributed by atoms with van der Waals surface area (Å²) in [4.78, 5) is 5.40. The molecule has 0 spiro atoms. The molecule has 3 fully saturated rings.